The van der Waals surface area contributed by atoms with Crippen molar-refractivity contribution < 1.29 is 5.11 Å². The van der Waals surface area contributed by atoms with Crippen LogP contribution in [0.25, 0.3) is 0 Å². The molecule has 0 fully saturated rings. The fraction of sp³-hybridized carbons (Fsp3) is 0.696. The van der Waals surface area contributed by atoms with E-state index in [1.165, 1.54) is 83.3 Å². The number of aliphatic imine (C=N–C) groups is 1. The molecule has 29 heavy (non-hydrogen) atoms. The van der Waals surface area contributed by atoms with Gasteiger partial charge in [0.25, 0.3) is 5.56 Å². The summed E-state index contributed by atoms with van der Waals surface area (Å²) in [5.74, 6) is -0.441. The maximum absolute atomic E-state index is 11.5. The number of unbranched alkanes of at least 4 members (excludes halogenated alkanes) is 12. The fourth-order valence-electron chi connectivity index (χ4n) is 3.21. The van der Waals surface area contributed by atoms with Crippen molar-refractivity contribution >= 4 is 6.21 Å². The van der Waals surface area contributed by atoms with Crippen molar-refractivity contribution in [3.63, 3.8) is 0 Å². The molecule has 1 rings (SSSR count). The van der Waals surface area contributed by atoms with Crippen LogP contribution in [0.1, 0.15) is 102 Å². The molecule has 1 aromatic rings. The molecule has 0 atom stereocenters. The molecular weight excluding hydrogens is 366 g/mol. The second kappa shape index (κ2) is 16.8. The van der Waals surface area contributed by atoms with E-state index in [2.05, 4.69) is 34.0 Å². The first-order valence-electron chi connectivity index (χ1n) is 11.4. The van der Waals surface area contributed by atoms with E-state index in [1.54, 1.807) is 0 Å². The molecule has 0 unspecified atom stereocenters. The van der Waals surface area contributed by atoms with Crippen LogP contribution < -0.4 is 11.2 Å². The molecule has 164 valence electrons. The first-order valence-corrected chi connectivity index (χ1v) is 11.4. The Hall–Kier alpha value is -2.11. The molecule has 1 heterocycles. The zero-order chi connectivity index (χ0) is 21.2. The van der Waals surface area contributed by atoms with Crippen LogP contribution in [-0.4, -0.2) is 27.8 Å². The van der Waals surface area contributed by atoms with Gasteiger partial charge >= 0.3 is 5.69 Å². The summed E-state index contributed by atoms with van der Waals surface area (Å²) >= 11 is 0. The lowest BCUT2D eigenvalue weighted by Gasteiger charge is -2.00. The van der Waals surface area contributed by atoms with Crippen LogP contribution in [0.3, 0.4) is 0 Å². The van der Waals surface area contributed by atoms with Crippen LogP contribution >= 0.6 is 0 Å². The second-order valence-electron chi connectivity index (χ2n) is 7.64. The van der Waals surface area contributed by atoms with E-state index >= 15 is 0 Å². The van der Waals surface area contributed by atoms with E-state index in [0.717, 1.165) is 12.8 Å². The highest BCUT2D eigenvalue weighted by Gasteiger charge is 2.04. The van der Waals surface area contributed by atoms with Crippen LogP contribution in [0.4, 0.5) is 0 Å². The van der Waals surface area contributed by atoms with Crippen LogP contribution in [0, 0.1) is 0 Å². The van der Waals surface area contributed by atoms with Crippen molar-refractivity contribution in [2.75, 3.05) is 6.54 Å². The summed E-state index contributed by atoms with van der Waals surface area (Å²) in [6, 6.07) is 0. The maximum atomic E-state index is 11.5. The predicted molar refractivity (Wildman–Crippen MR) is 121 cm³/mol. The Bertz CT molecular complexity index is 704. The Morgan fingerprint density at radius 3 is 1.93 bits per heavy atom. The Balaban J connectivity index is 1.93. The van der Waals surface area contributed by atoms with Gasteiger partial charge in [-0.15, -0.1) is 0 Å². The zero-order valence-electron chi connectivity index (χ0n) is 18.0. The van der Waals surface area contributed by atoms with Crippen molar-refractivity contribution in [3.05, 3.63) is 38.6 Å². The van der Waals surface area contributed by atoms with Crippen molar-refractivity contribution in [1.29, 1.82) is 0 Å². The SMILES string of the molecule is CCCCCCCCC=CCCCCCCCCN=Cc1c(O)[nH]c(=O)[nH]c1=O. The smallest absolute Gasteiger partial charge is 0.328 e. The molecule has 0 aliphatic rings. The maximum Gasteiger partial charge on any atom is 0.328 e. The van der Waals surface area contributed by atoms with Crippen molar-refractivity contribution in [2.24, 2.45) is 4.99 Å². The number of rotatable bonds is 17. The number of H-pyrrole nitrogens is 2. The molecular formula is C23H39N3O3. The Morgan fingerprint density at radius 1 is 0.793 bits per heavy atom. The number of aromatic amines is 2. The molecule has 0 aliphatic carbocycles. The topological polar surface area (TPSA) is 98.3 Å². The minimum absolute atomic E-state index is 0.00542. The van der Waals surface area contributed by atoms with Gasteiger partial charge in [-0.05, 0) is 32.1 Å². The van der Waals surface area contributed by atoms with Crippen molar-refractivity contribution in [1.82, 2.24) is 9.97 Å². The average molecular weight is 406 g/mol. The Morgan fingerprint density at radius 2 is 1.34 bits per heavy atom. The molecule has 0 saturated carbocycles. The van der Waals surface area contributed by atoms with E-state index in [0.29, 0.717) is 6.54 Å². The summed E-state index contributed by atoms with van der Waals surface area (Å²) in [6.45, 7) is 2.87. The third kappa shape index (κ3) is 12.9. The first-order chi connectivity index (χ1) is 14.1. The lowest BCUT2D eigenvalue weighted by Crippen LogP contribution is -2.24. The summed E-state index contributed by atoms with van der Waals surface area (Å²) in [4.78, 5) is 30.9. The largest absolute Gasteiger partial charge is 0.494 e. The molecule has 6 nitrogen and oxygen atoms in total. The molecule has 0 saturated heterocycles. The Labute approximate surface area is 174 Å². The van der Waals surface area contributed by atoms with Crippen LogP contribution in [-0.2, 0) is 0 Å². The Kier molecular flexibility index (Phi) is 14.4. The fourth-order valence-corrected chi connectivity index (χ4v) is 3.21. The van der Waals surface area contributed by atoms with Crippen LogP contribution in [0.2, 0.25) is 0 Å². The molecule has 1 aromatic heterocycles. The highest BCUT2D eigenvalue weighted by atomic mass is 16.3. The molecule has 0 bridgehead atoms. The monoisotopic (exact) mass is 405 g/mol. The van der Waals surface area contributed by atoms with Gasteiger partial charge in [-0.2, -0.15) is 0 Å². The molecule has 3 N–H and O–H groups in total. The third-order valence-electron chi connectivity index (χ3n) is 4.98. The summed E-state index contributed by atoms with van der Waals surface area (Å²) in [7, 11) is 0. The van der Waals surface area contributed by atoms with E-state index in [4.69, 9.17) is 0 Å². The van der Waals surface area contributed by atoms with Gasteiger partial charge in [0.15, 0.2) is 0 Å². The zero-order valence-corrected chi connectivity index (χ0v) is 18.0. The van der Waals surface area contributed by atoms with Crippen molar-refractivity contribution in [2.45, 2.75) is 96.8 Å². The summed E-state index contributed by atoms with van der Waals surface area (Å²) in [5, 5.41) is 9.54. The minimum Gasteiger partial charge on any atom is -0.494 e. The number of nitrogens with one attached hydrogen (secondary N) is 2. The van der Waals surface area contributed by atoms with E-state index in [9.17, 15) is 14.7 Å². The van der Waals surface area contributed by atoms with Gasteiger partial charge in [0.1, 0.15) is 5.56 Å². The number of aromatic nitrogens is 2. The van der Waals surface area contributed by atoms with Gasteiger partial charge in [0.05, 0.1) is 0 Å². The number of aromatic hydroxyl groups is 1. The number of hydrogen-bond donors (Lipinski definition) is 3. The standard InChI is InChI=1S/C23H39N3O3/c1-2-3-4-5-6-7-8-9-10-11-12-13-14-15-16-17-18-24-19-20-21(27)25-23(29)26-22(20)28/h9-10,19H,2-8,11-18H2,1H3,(H3,25,26,27,28,29). The van der Waals surface area contributed by atoms with Gasteiger partial charge in [0, 0.05) is 12.8 Å². The summed E-state index contributed by atoms with van der Waals surface area (Å²) in [5.41, 5.74) is -1.36. The van der Waals surface area contributed by atoms with Crippen LogP contribution in [0.5, 0.6) is 5.88 Å². The molecule has 0 amide bonds. The molecule has 6 heteroatoms. The lowest BCUT2D eigenvalue weighted by molar-refractivity contribution is 0.447. The average Bonchev–Trinajstić information content (AvgIpc) is 2.68. The lowest BCUT2D eigenvalue weighted by atomic mass is 10.1. The van der Waals surface area contributed by atoms with Gasteiger partial charge in [-0.3, -0.25) is 19.8 Å². The summed E-state index contributed by atoms with van der Waals surface area (Å²) < 4.78 is 0. The predicted octanol–water partition coefficient (Wildman–Crippen LogP) is 5.23. The normalized spacial score (nSPS) is 11.8. The minimum atomic E-state index is -0.724. The number of allylic oxidation sites excluding steroid dienone is 2. The molecule has 0 radical (unpaired) electrons. The van der Waals surface area contributed by atoms with E-state index < -0.39 is 17.1 Å². The summed E-state index contributed by atoms with van der Waals surface area (Å²) in [6.07, 6.45) is 23.7. The highest BCUT2D eigenvalue weighted by molar-refractivity contribution is 5.81. The van der Waals surface area contributed by atoms with Gasteiger partial charge in [-0.25, -0.2) is 4.79 Å². The quantitative estimate of drug-likeness (QED) is 0.188. The molecule has 0 aliphatic heterocycles. The van der Waals surface area contributed by atoms with E-state index in [1.807, 2.05) is 0 Å². The molecule has 0 aromatic carbocycles. The van der Waals surface area contributed by atoms with Gasteiger partial charge in [0.2, 0.25) is 5.88 Å². The number of hydrogen-bond acceptors (Lipinski definition) is 4. The number of nitrogens with zero attached hydrogens (tertiary/aromatic N) is 1. The first kappa shape index (κ1) is 24.9. The van der Waals surface area contributed by atoms with E-state index in [-0.39, 0.29) is 5.56 Å². The van der Waals surface area contributed by atoms with Gasteiger partial charge < -0.3 is 5.11 Å². The second-order valence-corrected chi connectivity index (χ2v) is 7.64. The van der Waals surface area contributed by atoms with Crippen LogP contribution in [0.15, 0.2) is 26.7 Å². The third-order valence-corrected chi connectivity index (χ3v) is 4.98. The van der Waals surface area contributed by atoms with Crippen molar-refractivity contribution in [3.8, 4) is 5.88 Å². The van der Waals surface area contributed by atoms with Gasteiger partial charge in [-0.1, -0.05) is 76.9 Å². The highest BCUT2D eigenvalue weighted by Crippen LogP contribution is 2.10. The molecule has 0 spiro atoms.